The third-order valence-corrected chi connectivity index (χ3v) is 4.27. The second-order valence-corrected chi connectivity index (χ2v) is 5.78. The molecular weight excluding hydrogens is 300 g/mol. The average molecular weight is 320 g/mol. The van der Waals surface area contributed by atoms with Crippen molar-refractivity contribution in [3.05, 3.63) is 82.1 Å². The maximum atomic E-state index is 13.0. The number of hydrogen-bond donors (Lipinski definition) is 0. The number of aryl methyl sites for hydroxylation is 1. The van der Waals surface area contributed by atoms with Crippen molar-refractivity contribution in [3.8, 4) is 0 Å². The van der Waals surface area contributed by atoms with Crippen molar-refractivity contribution in [2.75, 3.05) is 6.54 Å². The van der Waals surface area contributed by atoms with Crippen LogP contribution in [0.25, 0.3) is 10.9 Å². The third-order valence-electron chi connectivity index (χ3n) is 4.27. The van der Waals surface area contributed by atoms with E-state index in [-0.39, 0.29) is 11.5 Å². The molecule has 0 radical (unpaired) electrons. The Bertz CT molecular complexity index is 929. The van der Waals surface area contributed by atoms with Gasteiger partial charge in [-0.15, -0.1) is 0 Å². The summed E-state index contributed by atoms with van der Waals surface area (Å²) in [6.45, 7) is 3.06. The van der Waals surface area contributed by atoms with Crippen molar-refractivity contribution >= 4 is 16.8 Å². The van der Waals surface area contributed by atoms with E-state index in [1.165, 1.54) is 6.07 Å². The van der Waals surface area contributed by atoms with Gasteiger partial charge in [0, 0.05) is 31.6 Å². The monoisotopic (exact) mass is 320 g/mol. The van der Waals surface area contributed by atoms with Crippen LogP contribution in [-0.2, 0) is 13.6 Å². The summed E-state index contributed by atoms with van der Waals surface area (Å²) < 4.78 is 1.57. The molecule has 122 valence electrons. The fraction of sp³-hybridized carbons (Fsp3) is 0.200. The highest BCUT2D eigenvalue weighted by Gasteiger charge is 2.19. The lowest BCUT2D eigenvalue weighted by molar-refractivity contribution is 0.0754. The van der Waals surface area contributed by atoms with Gasteiger partial charge in [0.25, 0.3) is 11.5 Å². The van der Waals surface area contributed by atoms with Gasteiger partial charge in [-0.3, -0.25) is 9.59 Å². The zero-order chi connectivity index (χ0) is 17.1. The molecule has 0 aliphatic rings. The molecule has 1 aromatic heterocycles. The molecule has 3 rings (SSSR count). The van der Waals surface area contributed by atoms with Crippen molar-refractivity contribution in [1.82, 2.24) is 9.47 Å². The number of hydrogen-bond acceptors (Lipinski definition) is 2. The SMILES string of the molecule is CCN(Cc1ccccc1)C(=O)c1cc(=O)n(C)c2ccccc12. The Balaban J connectivity index is 2.04. The van der Waals surface area contributed by atoms with Crippen LogP contribution in [0.1, 0.15) is 22.8 Å². The van der Waals surface area contributed by atoms with Crippen molar-refractivity contribution in [1.29, 1.82) is 0 Å². The van der Waals surface area contributed by atoms with Crippen LogP contribution < -0.4 is 5.56 Å². The van der Waals surface area contributed by atoms with Gasteiger partial charge in [0.2, 0.25) is 0 Å². The summed E-state index contributed by atoms with van der Waals surface area (Å²) in [5, 5.41) is 0.802. The van der Waals surface area contributed by atoms with Crippen molar-refractivity contribution in [2.24, 2.45) is 7.05 Å². The number of benzene rings is 2. The Morgan fingerprint density at radius 3 is 2.42 bits per heavy atom. The van der Waals surface area contributed by atoms with E-state index < -0.39 is 0 Å². The summed E-state index contributed by atoms with van der Waals surface area (Å²) in [6, 6.07) is 18.8. The molecule has 2 aromatic carbocycles. The number of para-hydroxylation sites is 1. The Hall–Kier alpha value is -2.88. The van der Waals surface area contributed by atoms with Crippen LogP contribution in [0.5, 0.6) is 0 Å². The van der Waals surface area contributed by atoms with Crippen molar-refractivity contribution in [3.63, 3.8) is 0 Å². The smallest absolute Gasteiger partial charge is 0.255 e. The molecule has 0 aliphatic heterocycles. The Morgan fingerprint density at radius 1 is 1.04 bits per heavy atom. The molecule has 0 bridgehead atoms. The molecule has 0 saturated carbocycles. The number of carbonyl (C=O) groups excluding carboxylic acids is 1. The molecule has 0 saturated heterocycles. The molecule has 0 N–H and O–H groups in total. The number of amides is 1. The van der Waals surface area contributed by atoms with E-state index in [4.69, 9.17) is 0 Å². The summed E-state index contributed by atoms with van der Waals surface area (Å²) in [4.78, 5) is 27.0. The molecule has 0 fully saturated rings. The molecule has 0 aliphatic carbocycles. The molecule has 24 heavy (non-hydrogen) atoms. The molecule has 4 nitrogen and oxygen atoms in total. The highest BCUT2D eigenvalue weighted by Crippen LogP contribution is 2.19. The van der Waals surface area contributed by atoms with Gasteiger partial charge >= 0.3 is 0 Å². The van der Waals surface area contributed by atoms with Gasteiger partial charge in [-0.2, -0.15) is 0 Å². The van der Waals surface area contributed by atoms with E-state index in [9.17, 15) is 9.59 Å². The van der Waals surface area contributed by atoms with E-state index in [1.807, 2.05) is 61.5 Å². The number of aromatic nitrogens is 1. The Kier molecular flexibility index (Phi) is 4.47. The highest BCUT2D eigenvalue weighted by atomic mass is 16.2. The fourth-order valence-electron chi connectivity index (χ4n) is 2.89. The summed E-state index contributed by atoms with van der Waals surface area (Å²) >= 11 is 0. The first-order valence-corrected chi connectivity index (χ1v) is 8.03. The molecule has 4 heteroatoms. The summed E-state index contributed by atoms with van der Waals surface area (Å²) in [5.74, 6) is -0.116. The molecular formula is C20H20N2O2. The number of rotatable bonds is 4. The quantitative estimate of drug-likeness (QED) is 0.741. The second kappa shape index (κ2) is 6.71. The van der Waals surface area contributed by atoms with E-state index in [2.05, 4.69) is 0 Å². The van der Waals surface area contributed by atoms with Gasteiger partial charge in [0.15, 0.2) is 0 Å². The van der Waals surface area contributed by atoms with Gasteiger partial charge in [-0.05, 0) is 18.6 Å². The van der Waals surface area contributed by atoms with Crippen LogP contribution in [-0.4, -0.2) is 21.9 Å². The number of nitrogens with zero attached hydrogens (tertiary/aromatic N) is 2. The number of carbonyl (C=O) groups is 1. The minimum Gasteiger partial charge on any atom is -0.335 e. The summed E-state index contributed by atoms with van der Waals surface area (Å²) in [5.41, 5.74) is 2.13. The van der Waals surface area contributed by atoms with Crippen LogP contribution >= 0.6 is 0 Å². The molecule has 0 atom stereocenters. The average Bonchev–Trinajstić information content (AvgIpc) is 2.63. The normalized spacial score (nSPS) is 10.8. The van der Waals surface area contributed by atoms with Gasteiger partial charge in [-0.1, -0.05) is 48.5 Å². The second-order valence-electron chi connectivity index (χ2n) is 5.78. The van der Waals surface area contributed by atoms with Crippen LogP contribution in [0.2, 0.25) is 0 Å². The van der Waals surface area contributed by atoms with Crippen LogP contribution in [0.3, 0.4) is 0 Å². The number of fused-ring (bicyclic) bond motifs is 1. The zero-order valence-electron chi connectivity index (χ0n) is 13.9. The summed E-state index contributed by atoms with van der Waals surface area (Å²) in [6.07, 6.45) is 0. The van der Waals surface area contributed by atoms with E-state index in [1.54, 1.807) is 16.5 Å². The molecule has 0 unspecified atom stereocenters. The predicted octanol–water partition coefficient (Wildman–Crippen LogP) is 3.20. The van der Waals surface area contributed by atoms with E-state index >= 15 is 0 Å². The lowest BCUT2D eigenvalue weighted by Crippen LogP contribution is -2.32. The van der Waals surface area contributed by atoms with Crippen molar-refractivity contribution in [2.45, 2.75) is 13.5 Å². The maximum absolute atomic E-state index is 13.0. The van der Waals surface area contributed by atoms with E-state index in [0.29, 0.717) is 18.7 Å². The zero-order valence-corrected chi connectivity index (χ0v) is 13.9. The molecule has 0 spiro atoms. The van der Waals surface area contributed by atoms with Crippen LogP contribution in [0.15, 0.2) is 65.5 Å². The van der Waals surface area contributed by atoms with E-state index in [0.717, 1.165) is 16.5 Å². The topological polar surface area (TPSA) is 42.3 Å². The summed E-state index contributed by atoms with van der Waals surface area (Å²) in [7, 11) is 1.72. The molecule has 3 aromatic rings. The fourth-order valence-corrected chi connectivity index (χ4v) is 2.89. The first-order chi connectivity index (χ1) is 11.6. The van der Waals surface area contributed by atoms with Crippen molar-refractivity contribution < 1.29 is 4.79 Å². The number of pyridine rings is 1. The van der Waals surface area contributed by atoms with Gasteiger partial charge in [0.1, 0.15) is 0 Å². The highest BCUT2D eigenvalue weighted by molar-refractivity contribution is 6.06. The molecule has 1 heterocycles. The van der Waals surface area contributed by atoms with Crippen LogP contribution in [0, 0.1) is 0 Å². The standard InChI is InChI=1S/C20H20N2O2/c1-3-22(14-15-9-5-4-6-10-15)20(24)17-13-19(23)21(2)18-12-8-7-11-16(17)18/h4-13H,3,14H2,1-2H3. The third kappa shape index (κ3) is 2.95. The first kappa shape index (κ1) is 16.0. The largest absolute Gasteiger partial charge is 0.335 e. The van der Waals surface area contributed by atoms with Gasteiger partial charge in [0.05, 0.1) is 11.1 Å². The molecule has 1 amide bonds. The predicted molar refractivity (Wildman–Crippen MR) is 96.0 cm³/mol. The Labute approximate surface area is 141 Å². The lowest BCUT2D eigenvalue weighted by atomic mass is 10.1. The van der Waals surface area contributed by atoms with Crippen LogP contribution in [0.4, 0.5) is 0 Å². The van der Waals surface area contributed by atoms with Gasteiger partial charge in [-0.25, -0.2) is 0 Å². The first-order valence-electron chi connectivity index (χ1n) is 8.03. The minimum atomic E-state index is -0.173. The minimum absolute atomic E-state index is 0.116. The lowest BCUT2D eigenvalue weighted by Gasteiger charge is -2.22. The Morgan fingerprint density at radius 2 is 1.71 bits per heavy atom. The van der Waals surface area contributed by atoms with Gasteiger partial charge < -0.3 is 9.47 Å². The maximum Gasteiger partial charge on any atom is 0.255 e.